The Kier molecular flexibility index (Phi) is 4.63. The maximum Gasteiger partial charge on any atom is 0.337 e. The number of hydrogen-bond donors (Lipinski definition) is 2. The van der Waals surface area contributed by atoms with Crippen molar-refractivity contribution in [2.24, 2.45) is 5.92 Å². The standard InChI is InChI=1S/C21H23ClN2O2/c1-12-10-13(21(25)26-2)5-7-15(12)20-16-4-3-9-23-19(16)17-11-14(22)6-8-18(17)24-20/h5-8,10-11,16,19-20,23-24H,3-4,9H2,1-2H3/t16-,19-,20-/m1/s1. The molecule has 5 heteroatoms. The number of anilines is 1. The fourth-order valence-electron chi connectivity index (χ4n) is 4.39. The van der Waals surface area contributed by atoms with Crippen molar-refractivity contribution < 1.29 is 9.53 Å². The molecule has 2 N–H and O–H groups in total. The van der Waals surface area contributed by atoms with E-state index in [1.165, 1.54) is 18.2 Å². The van der Waals surface area contributed by atoms with E-state index in [1.807, 2.05) is 18.2 Å². The van der Waals surface area contributed by atoms with Crippen molar-refractivity contribution in [3.8, 4) is 0 Å². The van der Waals surface area contributed by atoms with Gasteiger partial charge in [-0.05, 0) is 73.3 Å². The molecule has 0 unspecified atom stereocenters. The molecule has 4 rings (SSSR count). The summed E-state index contributed by atoms with van der Waals surface area (Å²) in [6, 6.07) is 12.4. The minimum absolute atomic E-state index is 0.202. The second-order valence-corrected chi connectivity index (χ2v) is 7.59. The molecule has 2 aliphatic rings. The first-order chi connectivity index (χ1) is 12.6. The Bertz CT molecular complexity index is 852. The minimum atomic E-state index is -0.298. The molecule has 0 radical (unpaired) electrons. The maximum absolute atomic E-state index is 11.8. The van der Waals surface area contributed by atoms with Gasteiger partial charge >= 0.3 is 5.97 Å². The number of rotatable bonds is 2. The van der Waals surface area contributed by atoms with Crippen LogP contribution < -0.4 is 10.6 Å². The number of nitrogens with one attached hydrogen (secondary N) is 2. The van der Waals surface area contributed by atoms with Gasteiger partial charge in [-0.3, -0.25) is 0 Å². The summed E-state index contributed by atoms with van der Waals surface area (Å²) in [7, 11) is 1.41. The fraction of sp³-hybridized carbons (Fsp3) is 0.381. The van der Waals surface area contributed by atoms with Crippen LogP contribution in [0.15, 0.2) is 36.4 Å². The Morgan fingerprint density at radius 3 is 2.77 bits per heavy atom. The molecule has 2 heterocycles. The number of carbonyl (C=O) groups excluding carboxylic acids is 1. The van der Waals surface area contributed by atoms with Gasteiger partial charge in [-0.2, -0.15) is 0 Å². The predicted octanol–water partition coefficient (Wildman–Crippen LogP) is 4.64. The van der Waals surface area contributed by atoms with Crippen LogP contribution in [0.2, 0.25) is 5.02 Å². The number of esters is 1. The third kappa shape index (κ3) is 2.97. The van der Waals surface area contributed by atoms with Crippen molar-refractivity contribution in [3.05, 3.63) is 63.7 Å². The Labute approximate surface area is 158 Å². The second kappa shape index (κ2) is 6.93. The van der Waals surface area contributed by atoms with Crippen LogP contribution >= 0.6 is 11.6 Å². The highest BCUT2D eigenvalue weighted by Gasteiger charge is 2.39. The van der Waals surface area contributed by atoms with Gasteiger partial charge in [-0.15, -0.1) is 0 Å². The van der Waals surface area contributed by atoms with Gasteiger partial charge in [0, 0.05) is 22.7 Å². The molecule has 4 nitrogen and oxygen atoms in total. The molecule has 136 valence electrons. The van der Waals surface area contributed by atoms with Crippen LogP contribution in [0, 0.1) is 12.8 Å². The quantitative estimate of drug-likeness (QED) is 0.756. The molecule has 0 aromatic heterocycles. The van der Waals surface area contributed by atoms with Crippen molar-refractivity contribution >= 4 is 23.3 Å². The van der Waals surface area contributed by atoms with Crippen molar-refractivity contribution in [1.29, 1.82) is 0 Å². The lowest BCUT2D eigenvalue weighted by molar-refractivity contribution is 0.0600. The number of ether oxygens (including phenoxy) is 1. The number of halogens is 1. The van der Waals surface area contributed by atoms with E-state index in [2.05, 4.69) is 35.8 Å². The van der Waals surface area contributed by atoms with Gasteiger partial charge < -0.3 is 15.4 Å². The Morgan fingerprint density at radius 1 is 1.15 bits per heavy atom. The SMILES string of the molecule is COC(=O)c1ccc([C@H]2Nc3ccc(Cl)cc3[C@@H]3NCCC[C@@H]23)c(C)c1. The molecule has 3 atom stereocenters. The molecule has 2 aromatic carbocycles. The lowest BCUT2D eigenvalue weighted by atomic mass is 9.74. The van der Waals surface area contributed by atoms with E-state index in [1.54, 1.807) is 0 Å². The molecule has 2 aromatic rings. The zero-order valence-corrected chi connectivity index (χ0v) is 15.8. The number of carbonyl (C=O) groups is 1. The van der Waals surface area contributed by atoms with Crippen LogP contribution in [0.4, 0.5) is 5.69 Å². The van der Waals surface area contributed by atoms with Crippen molar-refractivity contribution in [2.45, 2.75) is 31.8 Å². The molecule has 0 spiro atoms. The maximum atomic E-state index is 11.8. The van der Waals surface area contributed by atoms with Crippen LogP contribution in [-0.2, 0) is 4.74 Å². The third-order valence-electron chi connectivity index (χ3n) is 5.62. The molecule has 1 saturated heterocycles. The molecule has 0 amide bonds. The van der Waals surface area contributed by atoms with Crippen LogP contribution in [0.25, 0.3) is 0 Å². The summed E-state index contributed by atoms with van der Waals surface area (Å²) in [5.41, 5.74) is 5.31. The smallest absolute Gasteiger partial charge is 0.337 e. The average Bonchev–Trinajstić information content (AvgIpc) is 2.67. The van der Waals surface area contributed by atoms with E-state index in [0.717, 1.165) is 35.7 Å². The summed E-state index contributed by atoms with van der Waals surface area (Å²) in [5, 5.41) is 8.19. The van der Waals surface area contributed by atoms with Crippen molar-refractivity contribution in [3.63, 3.8) is 0 Å². The Balaban J connectivity index is 1.74. The highest BCUT2D eigenvalue weighted by Crippen LogP contribution is 2.47. The third-order valence-corrected chi connectivity index (χ3v) is 5.86. The van der Waals surface area contributed by atoms with E-state index in [4.69, 9.17) is 16.3 Å². The fourth-order valence-corrected chi connectivity index (χ4v) is 4.57. The van der Waals surface area contributed by atoms with E-state index in [0.29, 0.717) is 17.5 Å². The summed E-state index contributed by atoms with van der Waals surface area (Å²) in [5.74, 6) is 0.144. The second-order valence-electron chi connectivity index (χ2n) is 7.15. The summed E-state index contributed by atoms with van der Waals surface area (Å²) < 4.78 is 4.84. The lowest BCUT2D eigenvalue weighted by Gasteiger charge is -2.44. The van der Waals surface area contributed by atoms with Crippen molar-refractivity contribution in [2.75, 3.05) is 19.0 Å². The highest BCUT2D eigenvalue weighted by atomic mass is 35.5. The first kappa shape index (κ1) is 17.4. The summed E-state index contributed by atoms with van der Waals surface area (Å²) in [6.07, 6.45) is 2.31. The number of aryl methyl sites for hydroxylation is 1. The highest BCUT2D eigenvalue weighted by molar-refractivity contribution is 6.30. The molecular weight excluding hydrogens is 348 g/mol. The predicted molar refractivity (Wildman–Crippen MR) is 104 cm³/mol. The molecule has 0 bridgehead atoms. The molecule has 0 aliphatic carbocycles. The van der Waals surface area contributed by atoms with Crippen LogP contribution in [0.1, 0.15) is 52.0 Å². The lowest BCUT2D eigenvalue weighted by Crippen LogP contribution is -2.42. The molecule has 1 fully saturated rings. The molecule has 26 heavy (non-hydrogen) atoms. The number of methoxy groups -OCH3 is 1. The van der Waals surface area contributed by atoms with E-state index in [-0.39, 0.29) is 12.0 Å². The van der Waals surface area contributed by atoms with E-state index >= 15 is 0 Å². The van der Waals surface area contributed by atoms with Gasteiger partial charge in [0.1, 0.15) is 0 Å². The Hall–Kier alpha value is -2.04. The first-order valence-corrected chi connectivity index (χ1v) is 9.44. The van der Waals surface area contributed by atoms with Gasteiger partial charge in [0.25, 0.3) is 0 Å². The summed E-state index contributed by atoms with van der Waals surface area (Å²) in [4.78, 5) is 11.8. The van der Waals surface area contributed by atoms with Gasteiger partial charge in [-0.1, -0.05) is 17.7 Å². The average molecular weight is 371 g/mol. The van der Waals surface area contributed by atoms with Gasteiger partial charge in [0.05, 0.1) is 18.7 Å². The number of hydrogen-bond acceptors (Lipinski definition) is 4. The molecular formula is C21H23ClN2O2. The van der Waals surface area contributed by atoms with E-state index in [9.17, 15) is 4.79 Å². The zero-order chi connectivity index (χ0) is 18.3. The minimum Gasteiger partial charge on any atom is -0.465 e. The summed E-state index contributed by atoms with van der Waals surface area (Å²) >= 11 is 6.25. The Morgan fingerprint density at radius 2 is 2.00 bits per heavy atom. The van der Waals surface area contributed by atoms with Crippen molar-refractivity contribution in [1.82, 2.24) is 5.32 Å². The van der Waals surface area contributed by atoms with Crippen LogP contribution in [0.5, 0.6) is 0 Å². The number of benzene rings is 2. The van der Waals surface area contributed by atoms with Gasteiger partial charge in [-0.25, -0.2) is 4.79 Å². The van der Waals surface area contributed by atoms with Crippen LogP contribution in [-0.4, -0.2) is 19.6 Å². The van der Waals surface area contributed by atoms with Crippen LogP contribution in [0.3, 0.4) is 0 Å². The largest absolute Gasteiger partial charge is 0.465 e. The molecule has 2 aliphatic heterocycles. The van der Waals surface area contributed by atoms with Gasteiger partial charge in [0.2, 0.25) is 0 Å². The summed E-state index contributed by atoms with van der Waals surface area (Å²) in [6.45, 7) is 3.09. The zero-order valence-electron chi connectivity index (χ0n) is 15.0. The number of piperidine rings is 1. The monoisotopic (exact) mass is 370 g/mol. The molecule has 0 saturated carbocycles. The normalized spacial score (nSPS) is 24.2. The van der Waals surface area contributed by atoms with Gasteiger partial charge in [0.15, 0.2) is 0 Å². The van der Waals surface area contributed by atoms with E-state index < -0.39 is 0 Å². The number of fused-ring (bicyclic) bond motifs is 3. The topological polar surface area (TPSA) is 50.4 Å². The first-order valence-electron chi connectivity index (χ1n) is 9.06.